The molecular formula is C13H21NO10P2. The number of phenols is 2. The summed E-state index contributed by atoms with van der Waals surface area (Å²) in [5.41, 5.74) is 0.109. The fourth-order valence-corrected chi connectivity index (χ4v) is 4.35. The highest BCUT2D eigenvalue weighted by Crippen LogP contribution is 2.69. The molecule has 1 aromatic rings. The molecule has 1 rings (SSSR count). The molecule has 0 spiro atoms. The van der Waals surface area contributed by atoms with Crippen LogP contribution in [0, 0.1) is 0 Å². The van der Waals surface area contributed by atoms with Crippen molar-refractivity contribution in [3.05, 3.63) is 23.8 Å². The predicted molar refractivity (Wildman–Crippen MR) is 89.6 cm³/mol. The minimum absolute atomic E-state index is 0.0947. The first kappa shape index (κ1) is 22.6. The summed E-state index contributed by atoms with van der Waals surface area (Å²) in [5, 5.41) is 27.2. The number of amides is 1. The Bertz CT molecular complexity index is 718. The monoisotopic (exact) mass is 413 g/mol. The van der Waals surface area contributed by atoms with Crippen molar-refractivity contribution >= 4 is 21.1 Å². The van der Waals surface area contributed by atoms with Crippen LogP contribution in [0.4, 0.5) is 0 Å². The second kappa shape index (κ2) is 8.49. The van der Waals surface area contributed by atoms with Gasteiger partial charge in [0.1, 0.15) is 0 Å². The summed E-state index contributed by atoms with van der Waals surface area (Å²) >= 11 is 0. The zero-order chi connectivity index (χ0) is 20.2. The zero-order valence-corrected chi connectivity index (χ0v) is 15.3. The fraction of sp³-hybridized carbons (Fsp3) is 0.462. The van der Waals surface area contributed by atoms with E-state index in [2.05, 4.69) is 5.32 Å². The lowest BCUT2D eigenvalue weighted by Crippen LogP contribution is -2.28. The van der Waals surface area contributed by atoms with Crippen LogP contribution in [0.15, 0.2) is 18.2 Å². The van der Waals surface area contributed by atoms with Crippen LogP contribution in [-0.4, -0.2) is 52.4 Å². The van der Waals surface area contributed by atoms with Gasteiger partial charge in [0, 0.05) is 12.1 Å². The van der Waals surface area contributed by atoms with Crippen LogP contribution in [0.1, 0.15) is 36.0 Å². The Morgan fingerprint density at radius 1 is 0.962 bits per heavy atom. The number of unbranched alkanes of at least 4 members (excludes halogenated alkanes) is 2. The van der Waals surface area contributed by atoms with Crippen LogP contribution < -0.4 is 5.32 Å². The highest BCUT2D eigenvalue weighted by Gasteiger charge is 2.58. The number of carbonyl (C=O) groups excluding carboxylic acids is 1. The minimum atomic E-state index is -5.45. The van der Waals surface area contributed by atoms with Crippen molar-refractivity contribution in [1.29, 1.82) is 0 Å². The molecule has 148 valence electrons. The van der Waals surface area contributed by atoms with Crippen molar-refractivity contribution in [1.82, 2.24) is 5.32 Å². The number of aliphatic hydroxyl groups is 1. The first-order valence-corrected chi connectivity index (χ1v) is 10.7. The SMILES string of the molecule is O=C(NCCCCCC(O)(P(=O)(O)O)P(=O)(O)O)c1ccc(O)c(O)c1. The van der Waals surface area contributed by atoms with E-state index in [-0.39, 0.29) is 30.7 Å². The van der Waals surface area contributed by atoms with E-state index in [1.807, 2.05) is 0 Å². The van der Waals surface area contributed by atoms with Crippen LogP contribution in [0.3, 0.4) is 0 Å². The number of benzene rings is 1. The third-order valence-electron chi connectivity index (χ3n) is 3.65. The predicted octanol–water partition coefficient (Wildman–Crippen LogP) is 0.389. The topological polar surface area (TPSA) is 205 Å². The maximum atomic E-state index is 11.8. The Balaban J connectivity index is 2.45. The minimum Gasteiger partial charge on any atom is -0.504 e. The van der Waals surface area contributed by atoms with Crippen molar-refractivity contribution in [3.8, 4) is 11.5 Å². The number of hydrogen-bond donors (Lipinski definition) is 8. The smallest absolute Gasteiger partial charge is 0.369 e. The average Bonchev–Trinajstić information content (AvgIpc) is 2.50. The average molecular weight is 413 g/mol. The summed E-state index contributed by atoms with van der Waals surface area (Å²) in [6.45, 7) is 0.144. The molecule has 8 N–H and O–H groups in total. The molecule has 0 unspecified atom stereocenters. The summed E-state index contributed by atoms with van der Waals surface area (Å²) in [6, 6.07) is 3.52. The Kier molecular flexibility index (Phi) is 7.38. The molecule has 1 amide bonds. The van der Waals surface area contributed by atoms with E-state index in [0.717, 1.165) is 12.1 Å². The number of hydrogen-bond acceptors (Lipinski definition) is 6. The molecule has 0 radical (unpaired) electrons. The van der Waals surface area contributed by atoms with Gasteiger partial charge < -0.3 is 40.2 Å². The van der Waals surface area contributed by atoms with E-state index in [1.165, 1.54) is 6.07 Å². The van der Waals surface area contributed by atoms with E-state index in [4.69, 9.17) is 24.7 Å². The first-order chi connectivity index (χ1) is 11.8. The molecule has 1 aromatic carbocycles. The molecule has 0 aliphatic heterocycles. The van der Waals surface area contributed by atoms with Crippen LogP contribution in [0.2, 0.25) is 0 Å². The molecule has 0 aliphatic carbocycles. The van der Waals surface area contributed by atoms with Gasteiger partial charge in [-0.25, -0.2) is 0 Å². The van der Waals surface area contributed by atoms with Crippen molar-refractivity contribution in [2.45, 2.75) is 30.8 Å². The number of phenolic OH excluding ortho intramolecular Hbond substituents is 2. The maximum absolute atomic E-state index is 11.8. The summed E-state index contributed by atoms with van der Waals surface area (Å²) < 4.78 is 22.3. The van der Waals surface area contributed by atoms with E-state index in [0.29, 0.717) is 6.42 Å². The lowest BCUT2D eigenvalue weighted by Gasteiger charge is -2.29. The Morgan fingerprint density at radius 3 is 2.04 bits per heavy atom. The van der Waals surface area contributed by atoms with Crippen molar-refractivity contribution in [3.63, 3.8) is 0 Å². The van der Waals surface area contributed by atoms with Gasteiger partial charge in [-0.05, 0) is 37.5 Å². The highest BCUT2D eigenvalue weighted by atomic mass is 31.2. The summed E-state index contributed by atoms with van der Waals surface area (Å²) in [5.74, 6) is -1.35. The summed E-state index contributed by atoms with van der Waals surface area (Å²) in [7, 11) is -10.9. The highest BCUT2D eigenvalue weighted by molar-refractivity contribution is 7.72. The van der Waals surface area contributed by atoms with Gasteiger partial charge >= 0.3 is 15.2 Å². The second-order valence-corrected chi connectivity index (χ2v) is 9.64. The number of carbonyl (C=O) groups is 1. The van der Waals surface area contributed by atoms with Gasteiger partial charge in [-0.2, -0.15) is 0 Å². The van der Waals surface area contributed by atoms with E-state index in [1.54, 1.807) is 0 Å². The zero-order valence-electron chi connectivity index (χ0n) is 13.5. The molecule has 0 aliphatic rings. The Hall–Kier alpha value is -1.45. The molecule has 0 aromatic heterocycles. The van der Waals surface area contributed by atoms with Gasteiger partial charge in [-0.3, -0.25) is 13.9 Å². The molecule has 0 atom stereocenters. The largest absolute Gasteiger partial charge is 0.504 e. The Morgan fingerprint density at radius 2 is 1.54 bits per heavy atom. The quantitative estimate of drug-likeness (QED) is 0.159. The lowest BCUT2D eigenvalue weighted by atomic mass is 10.1. The molecule has 0 fully saturated rings. The van der Waals surface area contributed by atoms with Gasteiger partial charge in [0.2, 0.25) is 0 Å². The Labute approximate surface area is 148 Å². The van der Waals surface area contributed by atoms with Gasteiger partial charge in [0.05, 0.1) is 0 Å². The summed E-state index contributed by atoms with van der Waals surface area (Å²) in [6.07, 6.45) is -0.360. The molecular weight excluding hydrogens is 392 g/mol. The van der Waals surface area contributed by atoms with Crippen LogP contribution in [0.5, 0.6) is 11.5 Å². The first-order valence-electron chi connectivity index (χ1n) is 7.43. The summed E-state index contributed by atoms with van der Waals surface area (Å²) in [4.78, 5) is 47.8. The number of rotatable bonds is 9. The maximum Gasteiger partial charge on any atom is 0.369 e. The third-order valence-corrected chi connectivity index (χ3v) is 7.52. The molecule has 26 heavy (non-hydrogen) atoms. The molecule has 0 saturated carbocycles. The van der Waals surface area contributed by atoms with E-state index in [9.17, 15) is 24.1 Å². The fourth-order valence-electron chi connectivity index (χ4n) is 2.09. The number of aromatic hydroxyl groups is 2. The van der Waals surface area contributed by atoms with Crippen molar-refractivity contribution in [2.75, 3.05) is 6.54 Å². The normalized spacial score (nSPS) is 12.8. The van der Waals surface area contributed by atoms with Crippen molar-refractivity contribution < 1.29 is 48.8 Å². The van der Waals surface area contributed by atoms with Gasteiger partial charge in [0.15, 0.2) is 11.5 Å². The third kappa shape index (κ3) is 5.52. The number of nitrogens with one attached hydrogen (secondary N) is 1. The second-order valence-electron chi connectivity index (χ2n) is 5.63. The molecule has 11 nitrogen and oxygen atoms in total. The van der Waals surface area contributed by atoms with Crippen LogP contribution in [0.25, 0.3) is 0 Å². The van der Waals surface area contributed by atoms with Gasteiger partial charge in [-0.1, -0.05) is 6.42 Å². The molecule has 0 bridgehead atoms. The van der Waals surface area contributed by atoms with Gasteiger partial charge in [-0.15, -0.1) is 0 Å². The molecule has 0 saturated heterocycles. The van der Waals surface area contributed by atoms with E-state index < -0.39 is 38.4 Å². The van der Waals surface area contributed by atoms with Crippen LogP contribution >= 0.6 is 15.2 Å². The van der Waals surface area contributed by atoms with Crippen LogP contribution in [-0.2, 0) is 9.13 Å². The van der Waals surface area contributed by atoms with E-state index >= 15 is 0 Å². The molecule has 13 heteroatoms. The molecule has 0 heterocycles. The van der Waals surface area contributed by atoms with Gasteiger partial charge in [0.25, 0.3) is 11.0 Å². The standard InChI is InChI=1S/C13H21NO10P2/c15-10-5-4-9(8-11(10)16)12(17)14-7-3-1-2-6-13(18,25(19,20)21)26(22,23)24/h4-5,8,15-16,18H,1-3,6-7H2,(H,14,17)(H2,19,20,21)(H2,22,23,24). The lowest BCUT2D eigenvalue weighted by molar-refractivity contribution is 0.0952. The van der Waals surface area contributed by atoms with Crippen molar-refractivity contribution in [2.24, 2.45) is 0 Å².